The first-order chi connectivity index (χ1) is 9.22. The molecule has 3 N–H and O–H groups in total. The molecule has 0 spiro atoms. The highest BCUT2D eigenvalue weighted by atomic mass is 19.1. The van der Waals surface area contributed by atoms with Crippen molar-refractivity contribution in [3.05, 3.63) is 35.6 Å². The van der Waals surface area contributed by atoms with Gasteiger partial charge in [0, 0.05) is 13.6 Å². The van der Waals surface area contributed by atoms with E-state index >= 15 is 0 Å². The van der Waals surface area contributed by atoms with E-state index < -0.39 is 24.1 Å². The number of halogens is 1. The van der Waals surface area contributed by atoms with E-state index in [1.807, 2.05) is 0 Å². The van der Waals surface area contributed by atoms with Crippen LogP contribution in [0.3, 0.4) is 0 Å². The van der Waals surface area contributed by atoms with Crippen LogP contribution in [0.1, 0.15) is 12.5 Å². The molecular weight excluding hydrogens is 267 g/mol. The molecule has 0 bridgehead atoms. The number of benzene rings is 1. The van der Waals surface area contributed by atoms with Crippen LogP contribution < -0.4 is 5.32 Å². The van der Waals surface area contributed by atoms with Crippen LogP contribution in [0.25, 0.3) is 0 Å². The molecule has 0 saturated carbocycles. The Hall–Kier alpha value is -2.15. The lowest BCUT2D eigenvalue weighted by Gasteiger charge is -2.22. The standard InChI is InChI=1S/C13H17FN2O4/c1-13(20,11(17)18)8-15-12(19)16(2)7-9-3-5-10(14)6-4-9/h3-6,20H,7-8H2,1-2H3,(H,15,19)(H,17,18). The number of nitrogens with one attached hydrogen (secondary N) is 1. The summed E-state index contributed by atoms with van der Waals surface area (Å²) in [5, 5.41) is 20.5. The summed E-state index contributed by atoms with van der Waals surface area (Å²) in [5.41, 5.74) is -1.29. The lowest BCUT2D eigenvalue weighted by Crippen LogP contribution is -2.49. The number of amides is 2. The number of hydrogen-bond donors (Lipinski definition) is 3. The Kier molecular flexibility index (Phi) is 5.04. The van der Waals surface area contributed by atoms with E-state index in [9.17, 15) is 19.1 Å². The summed E-state index contributed by atoms with van der Waals surface area (Å²) in [7, 11) is 1.51. The van der Waals surface area contributed by atoms with Crippen molar-refractivity contribution < 1.29 is 24.2 Å². The number of carboxylic acid groups (broad SMARTS) is 1. The van der Waals surface area contributed by atoms with Crippen molar-refractivity contribution >= 4 is 12.0 Å². The molecule has 0 aliphatic rings. The van der Waals surface area contributed by atoms with E-state index in [-0.39, 0.29) is 12.4 Å². The number of aliphatic carboxylic acids is 1. The van der Waals surface area contributed by atoms with Crippen LogP contribution >= 0.6 is 0 Å². The molecule has 1 atom stereocenters. The number of carbonyl (C=O) groups is 2. The average Bonchev–Trinajstić information content (AvgIpc) is 2.38. The van der Waals surface area contributed by atoms with E-state index in [1.165, 1.54) is 24.1 Å². The van der Waals surface area contributed by atoms with Crippen molar-refractivity contribution in [2.45, 2.75) is 19.1 Å². The second-order valence-corrected chi connectivity index (χ2v) is 4.72. The summed E-state index contributed by atoms with van der Waals surface area (Å²) in [6.45, 7) is 0.922. The number of urea groups is 1. The molecule has 1 rings (SSSR count). The van der Waals surface area contributed by atoms with Gasteiger partial charge in [-0.1, -0.05) is 12.1 Å². The fraction of sp³-hybridized carbons (Fsp3) is 0.385. The minimum atomic E-state index is -2.02. The average molecular weight is 284 g/mol. The monoisotopic (exact) mass is 284 g/mol. The van der Waals surface area contributed by atoms with Crippen molar-refractivity contribution in [2.75, 3.05) is 13.6 Å². The van der Waals surface area contributed by atoms with E-state index in [4.69, 9.17) is 5.11 Å². The molecule has 0 aromatic heterocycles. The van der Waals surface area contributed by atoms with Crippen LogP contribution in [0.4, 0.5) is 9.18 Å². The van der Waals surface area contributed by atoms with Gasteiger partial charge >= 0.3 is 12.0 Å². The summed E-state index contributed by atoms with van der Waals surface area (Å²) >= 11 is 0. The number of carboxylic acids is 1. The highest BCUT2D eigenvalue weighted by molar-refractivity contribution is 5.79. The second-order valence-electron chi connectivity index (χ2n) is 4.72. The lowest BCUT2D eigenvalue weighted by molar-refractivity contribution is -0.155. The van der Waals surface area contributed by atoms with Gasteiger partial charge in [-0.15, -0.1) is 0 Å². The molecule has 20 heavy (non-hydrogen) atoms. The number of aliphatic hydroxyl groups is 1. The van der Waals surface area contributed by atoms with Crippen molar-refractivity contribution in [2.24, 2.45) is 0 Å². The van der Waals surface area contributed by atoms with Gasteiger partial charge in [-0.05, 0) is 24.6 Å². The number of carbonyl (C=O) groups excluding carboxylic acids is 1. The minimum Gasteiger partial charge on any atom is -0.479 e. The maximum Gasteiger partial charge on any atom is 0.337 e. The summed E-state index contributed by atoms with van der Waals surface area (Å²) < 4.78 is 12.7. The number of nitrogens with zero attached hydrogens (tertiary/aromatic N) is 1. The third-order valence-electron chi connectivity index (χ3n) is 2.72. The van der Waals surface area contributed by atoms with Crippen molar-refractivity contribution in [3.8, 4) is 0 Å². The van der Waals surface area contributed by atoms with Crippen molar-refractivity contribution in [3.63, 3.8) is 0 Å². The van der Waals surface area contributed by atoms with E-state index in [1.54, 1.807) is 12.1 Å². The molecule has 0 aliphatic heterocycles. The van der Waals surface area contributed by atoms with Gasteiger partial charge in [0.2, 0.25) is 0 Å². The molecule has 0 aliphatic carbocycles. The molecule has 0 heterocycles. The minimum absolute atomic E-state index is 0.237. The fourth-order valence-electron chi connectivity index (χ4n) is 1.39. The number of hydrogen-bond acceptors (Lipinski definition) is 3. The highest BCUT2D eigenvalue weighted by Gasteiger charge is 2.30. The third kappa shape index (κ3) is 4.51. The smallest absolute Gasteiger partial charge is 0.337 e. The first kappa shape index (κ1) is 15.9. The molecule has 1 unspecified atom stereocenters. The predicted octanol–water partition coefficient (Wildman–Crippen LogP) is 0.803. The summed E-state index contributed by atoms with van der Waals surface area (Å²) in [6.07, 6.45) is 0. The van der Waals surface area contributed by atoms with Gasteiger partial charge in [-0.2, -0.15) is 0 Å². The van der Waals surface area contributed by atoms with Crippen molar-refractivity contribution in [1.82, 2.24) is 10.2 Å². The van der Waals surface area contributed by atoms with Gasteiger partial charge < -0.3 is 20.4 Å². The molecule has 0 radical (unpaired) electrons. The van der Waals surface area contributed by atoms with E-state index in [0.29, 0.717) is 0 Å². The van der Waals surface area contributed by atoms with Gasteiger partial charge in [0.15, 0.2) is 5.60 Å². The zero-order valence-electron chi connectivity index (χ0n) is 11.3. The molecule has 7 heteroatoms. The SMILES string of the molecule is CN(Cc1ccc(F)cc1)C(=O)NCC(C)(O)C(=O)O. The fourth-order valence-corrected chi connectivity index (χ4v) is 1.39. The second kappa shape index (κ2) is 6.33. The Morgan fingerprint density at radius 2 is 1.90 bits per heavy atom. The van der Waals surface area contributed by atoms with Crippen LogP contribution in [0.2, 0.25) is 0 Å². The maximum atomic E-state index is 12.7. The van der Waals surface area contributed by atoms with E-state index in [2.05, 4.69) is 5.32 Å². The first-order valence-electron chi connectivity index (χ1n) is 5.91. The van der Waals surface area contributed by atoms with Gasteiger partial charge in [-0.3, -0.25) is 0 Å². The largest absolute Gasteiger partial charge is 0.479 e. The van der Waals surface area contributed by atoms with Crippen LogP contribution in [0, 0.1) is 5.82 Å². The molecule has 1 aromatic rings. The Morgan fingerprint density at radius 1 is 1.35 bits per heavy atom. The Labute approximate surface area is 115 Å². The van der Waals surface area contributed by atoms with Gasteiger partial charge in [0.1, 0.15) is 5.82 Å². The summed E-state index contributed by atoms with van der Waals surface area (Å²) in [4.78, 5) is 23.7. The molecule has 6 nitrogen and oxygen atoms in total. The third-order valence-corrected chi connectivity index (χ3v) is 2.72. The van der Waals surface area contributed by atoms with Crippen LogP contribution in [0.15, 0.2) is 24.3 Å². The van der Waals surface area contributed by atoms with Gasteiger partial charge in [0.05, 0.1) is 6.54 Å². The molecule has 0 saturated heterocycles. The van der Waals surface area contributed by atoms with Crippen molar-refractivity contribution in [1.29, 1.82) is 0 Å². The van der Waals surface area contributed by atoms with Gasteiger partial charge in [0.25, 0.3) is 0 Å². The topological polar surface area (TPSA) is 89.9 Å². The normalized spacial score (nSPS) is 13.4. The van der Waals surface area contributed by atoms with E-state index in [0.717, 1.165) is 12.5 Å². The quantitative estimate of drug-likeness (QED) is 0.746. The zero-order chi connectivity index (χ0) is 15.3. The molecular formula is C13H17FN2O4. The molecule has 1 aromatic carbocycles. The summed E-state index contributed by atoms with van der Waals surface area (Å²) in [6, 6.07) is 5.14. The molecule has 2 amide bonds. The summed E-state index contributed by atoms with van der Waals surface area (Å²) in [5.74, 6) is -1.78. The Bertz CT molecular complexity index is 488. The zero-order valence-corrected chi connectivity index (χ0v) is 11.3. The Balaban J connectivity index is 2.51. The van der Waals surface area contributed by atoms with Crippen LogP contribution in [-0.4, -0.2) is 46.3 Å². The molecule has 110 valence electrons. The predicted molar refractivity (Wildman–Crippen MR) is 69.5 cm³/mol. The maximum absolute atomic E-state index is 12.7. The van der Waals surface area contributed by atoms with Crippen LogP contribution in [0.5, 0.6) is 0 Å². The first-order valence-corrected chi connectivity index (χ1v) is 5.91. The highest BCUT2D eigenvalue weighted by Crippen LogP contribution is 2.06. The lowest BCUT2D eigenvalue weighted by atomic mass is 10.1. The Morgan fingerprint density at radius 3 is 2.40 bits per heavy atom. The van der Waals surface area contributed by atoms with Crippen LogP contribution in [-0.2, 0) is 11.3 Å². The van der Waals surface area contributed by atoms with Gasteiger partial charge in [-0.25, -0.2) is 14.0 Å². The number of rotatable bonds is 5. The molecule has 0 fully saturated rings.